The molecule has 0 aromatic rings. The maximum atomic E-state index is 10.4. The predicted octanol–water partition coefficient (Wildman–Crippen LogP) is 5.61. The van der Waals surface area contributed by atoms with E-state index in [1.165, 1.54) is 64.2 Å². The van der Waals surface area contributed by atoms with E-state index in [-0.39, 0.29) is 0 Å². The van der Waals surface area contributed by atoms with Crippen LogP contribution in [0, 0.1) is 18.3 Å². The van der Waals surface area contributed by atoms with Gasteiger partial charge in [-0.25, -0.2) is 0 Å². The molecule has 0 spiro atoms. The van der Waals surface area contributed by atoms with Gasteiger partial charge in [-0.05, 0) is 43.9 Å². The molecule has 0 amide bonds. The van der Waals surface area contributed by atoms with Gasteiger partial charge in [0, 0.05) is 6.42 Å². The zero-order chi connectivity index (χ0) is 14.6. The fraction of sp³-hybridized carbons (Fsp3) is 0.889. The van der Waals surface area contributed by atoms with Crippen LogP contribution in [-0.4, -0.2) is 11.1 Å². The summed E-state index contributed by atoms with van der Waals surface area (Å²) in [6.07, 6.45) is 18.4. The van der Waals surface area contributed by atoms with Gasteiger partial charge in [0.25, 0.3) is 0 Å². The molecule has 0 heterocycles. The summed E-state index contributed by atoms with van der Waals surface area (Å²) >= 11 is 0. The SMILES string of the molecule is CCCCCC1[CH]CCC1CCCCCCCC(=O)O. The van der Waals surface area contributed by atoms with E-state index in [2.05, 4.69) is 13.3 Å². The third-order valence-corrected chi connectivity index (χ3v) is 4.72. The second kappa shape index (κ2) is 11.2. The van der Waals surface area contributed by atoms with Gasteiger partial charge in [0.15, 0.2) is 0 Å². The Bertz CT molecular complexity index is 250. The third-order valence-electron chi connectivity index (χ3n) is 4.72. The standard InChI is InChI=1S/C18H33O2/c1-2-3-7-11-16-13-10-14-17(16)12-8-5-4-6-9-15-18(19)20/h13,16-17H,2-12,14-15H2,1H3,(H,19,20). The van der Waals surface area contributed by atoms with E-state index in [1.54, 1.807) is 0 Å². The van der Waals surface area contributed by atoms with Gasteiger partial charge in [0.2, 0.25) is 0 Å². The molecule has 1 saturated carbocycles. The van der Waals surface area contributed by atoms with Gasteiger partial charge in [0.1, 0.15) is 0 Å². The first-order valence-electron chi connectivity index (χ1n) is 8.79. The number of carboxylic acids is 1. The van der Waals surface area contributed by atoms with Crippen molar-refractivity contribution in [2.45, 2.75) is 90.4 Å². The molecule has 0 saturated heterocycles. The molecular weight excluding hydrogens is 248 g/mol. The van der Waals surface area contributed by atoms with Crippen LogP contribution in [-0.2, 0) is 4.79 Å². The van der Waals surface area contributed by atoms with Crippen LogP contribution in [0.1, 0.15) is 90.4 Å². The highest BCUT2D eigenvalue weighted by Gasteiger charge is 2.26. The predicted molar refractivity (Wildman–Crippen MR) is 84.6 cm³/mol. The minimum Gasteiger partial charge on any atom is -0.481 e. The average molecular weight is 281 g/mol. The maximum Gasteiger partial charge on any atom is 0.303 e. The highest BCUT2D eigenvalue weighted by atomic mass is 16.4. The fourth-order valence-electron chi connectivity index (χ4n) is 3.49. The number of unbranched alkanes of at least 4 members (excludes halogenated alkanes) is 6. The lowest BCUT2D eigenvalue weighted by Crippen LogP contribution is -2.08. The number of rotatable bonds is 12. The molecule has 0 aromatic carbocycles. The van der Waals surface area contributed by atoms with Crippen molar-refractivity contribution in [1.29, 1.82) is 0 Å². The molecule has 1 rings (SSSR count). The molecule has 2 atom stereocenters. The summed E-state index contributed by atoms with van der Waals surface area (Å²) < 4.78 is 0. The van der Waals surface area contributed by atoms with Gasteiger partial charge in [-0.15, -0.1) is 0 Å². The van der Waals surface area contributed by atoms with Gasteiger partial charge in [-0.1, -0.05) is 58.3 Å². The Labute approximate surface area is 125 Å². The van der Waals surface area contributed by atoms with Crippen LogP contribution in [0.15, 0.2) is 0 Å². The molecule has 2 heteroatoms. The quantitative estimate of drug-likeness (QED) is 0.472. The molecule has 117 valence electrons. The molecule has 20 heavy (non-hydrogen) atoms. The zero-order valence-corrected chi connectivity index (χ0v) is 13.3. The molecule has 1 fully saturated rings. The molecule has 1 aliphatic carbocycles. The Morgan fingerprint density at radius 2 is 1.75 bits per heavy atom. The Morgan fingerprint density at radius 1 is 1.05 bits per heavy atom. The summed E-state index contributed by atoms with van der Waals surface area (Å²) in [6.45, 7) is 2.28. The Kier molecular flexibility index (Phi) is 9.78. The zero-order valence-electron chi connectivity index (χ0n) is 13.3. The van der Waals surface area contributed by atoms with E-state index in [9.17, 15) is 4.79 Å². The van der Waals surface area contributed by atoms with E-state index in [0.29, 0.717) is 6.42 Å². The highest BCUT2D eigenvalue weighted by Crippen LogP contribution is 2.37. The summed E-state index contributed by atoms with van der Waals surface area (Å²) in [5.74, 6) is 1.20. The van der Waals surface area contributed by atoms with Crippen LogP contribution in [0.3, 0.4) is 0 Å². The topological polar surface area (TPSA) is 37.3 Å². The van der Waals surface area contributed by atoms with Gasteiger partial charge in [-0.3, -0.25) is 4.79 Å². The molecule has 1 N–H and O–H groups in total. The second-order valence-corrected chi connectivity index (χ2v) is 6.43. The van der Waals surface area contributed by atoms with E-state index >= 15 is 0 Å². The minimum absolute atomic E-state index is 0.344. The van der Waals surface area contributed by atoms with Crippen molar-refractivity contribution in [3.05, 3.63) is 6.42 Å². The van der Waals surface area contributed by atoms with Crippen molar-refractivity contribution in [2.75, 3.05) is 0 Å². The van der Waals surface area contributed by atoms with E-state index in [0.717, 1.165) is 24.7 Å². The molecule has 2 unspecified atom stereocenters. The molecule has 2 nitrogen and oxygen atoms in total. The Balaban J connectivity index is 1.98. The van der Waals surface area contributed by atoms with Crippen LogP contribution in [0.25, 0.3) is 0 Å². The van der Waals surface area contributed by atoms with E-state index < -0.39 is 5.97 Å². The van der Waals surface area contributed by atoms with E-state index in [1.807, 2.05) is 0 Å². The fourth-order valence-corrected chi connectivity index (χ4v) is 3.49. The average Bonchev–Trinajstić information content (AvgIpc) is 2.85. The van der Waals surface area contributed by atoms with Crippen molar-refractivity contribution < 1.29 is 9.90 Å². The lowest BCUT2D eigenvalue weighted by Gasteiger charge is -2.19. The van der Waals surface area contributed by atoms with Gasteiger partial charge >= 0.3 is 5.97 Å². The van der Waals surface area contributed by atoms with E-state index in [4.69, 9.17) is 5.11 Å². The van der Waals surface area contributed by atoms with Crippen LogP contribution >= 0.6 is 0 Å². The molecular formula is C18H33O2. The first-order valence-corrected chi connectivity index (χ1v) is 8.79. The summed E-state index contributed by atoms with van der Waals surface area (Å²) in [6, 6.07) is 0. The number of carboxylic acid groups (broad SMARTS) is 1. The number of hydrogen-bond donors (Lipinski definition) is 1. The van der Waals surface area contributed by atoms with Crippen molar-refractivity contribution in [2.24, 2.45) is 11.8 Å². The van der Waals surface area contributed by atoms with Gasteiger partial charge < -0.3 is 5.11 Å². The van der Waals surface area contributed by atoms with Crippen LogP contribution in [0.5, 0.6) is 0 Å². The van der Waals surface area contributed by atoms with Crippen LogP contribution in [0.2, 0.25) is 0 Å². The molecule has 0 bridgehead atoms. The largest absolute Gasteiger partial charge is 0.481 e. The van der Waals surface area contributed by atoms with Crippen molar-refractivity contribution >= 4 is 5.97 Å². The smallest absolute Gasteiger partial charge is 0.303 e. The first-order chi connectivity index (χ1) is 9.74. The third kappa shape index (κ3) is 7.91. The Morgan fingerprint density at radius 3 is 2.50 bits per heavy atom. The lowest BCUT2D eigenvalue weighted by molar-refractivity contribution is -0.137. The number of aliphatic carboxylic acids is 1. The molecule has 1 aliphatic rings. The summed E-state index contributed by atoms with van der Waals surface area (Å²) in [5.41, 5.74) is 0. The van der Waals surface area contributed by atoms with Gasteiger partial charge in [0.05, 0.1) is 0 Å². The normalized spacial score (nSPS) is 22.2. The van der Waals surface area contributed by atoms with Crippen LogP contribution < -0.4 is 0 Å². The molecule has 0 aromatic heterocycles. The van der Waals surface area contributed by atoms with Crippen LogP contribution in [0.4, 0.5) is 0 Å². The highest BCUT2D eigenvalue weighted by molar-refractivity contribution is 5.66. The summed E-state index contributed by atoms with van der Waals surface area (Å²) in [7, 11) is 0. The summed E-state index contributed by atoms with van der Waals surface area (Å²) in [4.78, 5) is 10.4. The first kappa shape index (κ1) is 17.5. The maximum absolute atomic E-state index is 10.4. The lowest BCUT2D eigenvalue weighted by atomic mass is 9.87. The number of hydrogen-bond acceptors (Lipinski definition) is 1. The molecule has 0 aliphatic heterocycles. The monoisotopic (exact) mass is 281 g/mol. The Hall–Kier alpha value is -0.530. The van der Waals surface area contributed by atoms with Crippen molar-refractivity contribution in [1.82, 2.24) is 0 Å². The van der Waals surface area contributed by atoms with Crippen molar-refractivity contribution in [3.8, 4) is 0 Å². The molecule has 1 radical (unpaired) electrons. The summed E-state index contributed by atoms with van der Waals surface area (Å²) in [5, 5.41) is 8.57. The van der Waals surface area contributed by atoms with Crippen molar-refractivity contribution in [3.63, 3.8) is 0 Å². The minimum atomic E-state index is -0.651. The van der Waals surface area contributed by atoms with Gasteiger partial charge in [-0.2, -0.15) is 0 Å². The second-order valence-electron chi connectivity index (χ2n) is 6.43. The number of carbonyl (C=O) groups is 1.